The summed E-state index contributed by atoms with van der Waals surface area (Å²) >= 11 is 0. The zero-order chi connectivity index (χ0) is 10.5. The van der Waals surface area contributed by atoms with Gasteiger partial charge in [0.05, 0.1) is 18.8 Å². The molecule has 2 N–H and O–H groups in total. The van der Waals surface area contributed by atoms with Gasteiger partial charge in [0.25, 0.3) is 0 Å². The Morgan fingerprint density at radius 3 is 2.87 bits per heavy atom. The fourth-order valence-corrected chi connectivity index (χ4v) is 2.08. The van der Waals surface area contributed by atoms with Crippen LogP contribution in [0, 0.1) is 5.92 Å². The zero-order valence-corrected chi connectivity index (χ0v) is 8.85. The molecule has 0 saturated heterocycles. The van der Waals surface area contributed by atoms with Gasteiger partial charge in [-0.15, -0.1) is 0 Å². The van der Waals surface area contributed by atoms with Gasteiger partial charge in [0.2, 0.25) is 0 Å². The number of hydrogen-bond donors (Lipinski definition) is 2. The number of nitrogens with one attached hydrogen (secondary N) is 1. The van der Waals surface area contributed by atoms with Gasteiger partial charge >= 0.3 is 0 Å². The Hall–Kier alpha value is -0.870. The summed E-state index contributed by atoms with van der Waals surface area (Å²) in [6.45, 7) is 1.76. The Balaban J connectivity index is 1.62. The molecule has 1 aromatic rings. The summed E-state index contributed by atoms with van der Waals surface area (Å²) in [5, 5.41) is 12.7. The normalized spacial score (nSPS) is 26.7. The van der Waals surface area contributed by atoms with Crippen molar-refractivity contribution in [2.75, 3.05) is 6.54 Å². The molecule has 1 aliphatic carbocycles. The van der Waals surface area contributed by atoms with E-state index in [1.165, 1.54) is 6.39 Å². The van der Waals surface area contributed by atoms with E-state index in [-0.39, 0.29) is 6.10 Å². The predicted molar refractivity (Wildman–Crippen MR) is 56.2 cm³/mol. The number of hydrogen-bond acceptors (Lipinski definition) is 4. The molecule has 15 heavy (non-hydrogen) atoms. The third kappa shape index (κ3) is 3.32. The maximum Gasteiger partial charge on any atom is 0.180 e. The number of rotatable bonds is 4. The molecule has 0 unspecified atom stereocenters. The highest BCUT2D eigenvalue weighted by molar-refractivity contribution is 4.87. The number of aliphatic hydroxyl groups is 1. The molecule has 1 saturated carbocycles. The van der Waals surface area contributed by atoms with E-state index in [0.29, 0.717) is 5.92 Å². The minimum absolute atomic E-state index is 0.0597. The summed E-state index contributed by atoms with van der Waals surface area (Å²) < 4.78 is 5.13. The Morgan fingerprint density at radius 1 is 1.40 bits per heavy atom. The largest absolute Gasteiger partial charge is 0.447 e. The van der Waals surface area contributed by atoms with Crippen molar-refractivity contribution in [1.82, 2.24) is 10.3 Å². The van der Waals surface area contributed by atoms with Crippen molar-refractivity contribution in [3.05, 3.63) is 18.4 Å². The summed E-state index contributed by atoms with van der Waals surface area (Å²) in [5.41, 5.74) is 0. The van der Waals surface area contributed by atoms with Crippen LogP contribution in [0.5, 0.6) is 0 Å². The molecule has 1 fully saturated rings. The fourth-order valence-electron chi connectivity index (χ4n) is 2.08. The second-order valence-electron chi connectivity index (χ2n) is 4.27. The van der Waals surface area contributed by atoms with Gasteiger partial charge in [0.1, 0.15) is 5.76 Å². The molecule has 1 aliphatic rings. The third-order valence-electron chi connectivity index (χ3n) is 3.03. The number of oxazole rings is 1. The zero-order valence-electron chi connectivity index (χ0n) is 8.85. The average Bonchev–Trinajstić information content (AvgIpc) is 2.74. The summed E-state index contributed by atoms with van der Waals surface area (Å²) in [4.78, 5) is 3.86. The van der Waals surface area contributed by atoms with E-state index < -0.39 is 0 Å². The van der Waals surface area contributed by atoms with Gasteiger partial charge in [0.15, 0.2) is 6.39 Å². The average molecular weight is 210 g/mol. The quantitative estimate of drug-likeness (QED) is 0.786. The maximum absolute atomic E-state index is 9.36. The van der Waals surface area contributed by atoms with E-state index in [9.17, 15) is 5.11 Å². The van der Waals surface area contributed by atoms with Gasteiger partial charge < -0.3 is 14.8 Å². The van der Waals surface area contributed by atoms with Crippen LogP contribution in [0.2, 0.25) is 0 Å². The fraction of sp³-hybridized carbons (Fsp3) is 0.727. The lowest BCUT2D eigenvalue weighted by atomic mass is 9.87. The third-order valence-corrected chi connectivity index (χ3v) is 3.03. The molecular weight excluding hydrogens is 192 g/mol. The monoisotopic (exact) mass is 210 g/mol. The van der Waals surface area contributed by atoms with Crippen molar-refractivity contribution < 1.29 is 9.52 Å². The minimum atomic E-state index is -0.0597. The molecule has 0 bridgehead atoms. The van der Waals surface area contributed by atoms with Gasteiger partial charge in [0, 0.05) is 0 Å². The van der Waals surface area contributed by atoms with E-state index in [0.717, 1.165) is 44.5 Å². The first kappa shape index (κ1) is 10.6. The van der Waals surface area contributed by atoms with Crippen LogP contribution < -0.4 is 5.32 Å². The predicted octanol–water partition coefficient (Wildman–Crippen LogP) is 1.32. The molecule has 0 amide bonds. The summed E-state index contributed by atoms with van der Waals surface area (Å²) in [7, 11) is 0. The molecule has 0 radical (unpaired) electrons. The first-order valence-electron chi connectivity index (χ1n) is 5.60. The minimum Gasteiger partial charge on any atom is -0.447 e. The van der Waals surface area contributed by atoms with Gasteiger partial charge in [-0.3, -0.25) is 0 Å². The van der Waals surface area contributed by atoms with Crippen molar-refractivity contribution in [1.29, 1.82) is 0 Å². The van der Waals surface area contributed by atoms with Crippen LogP contribution in [-0.4, -0.2) is 22.7 Å². The maximum atomic E-state index is 9.36. The van der Waals surface area contributed by atoms with Crippen molar-refractivity contribution >= 4 is 0 Å². The Bertz CT molecular complexity index is 266. The van der Waals surface area contributed by atoms with E-state index in [1.807, 2.05) is 0 Å². The molecule has 0 spiro atoms. The molecule has 4 nitrogen and oxygen atoms in total. The Labute approximate surface area is 89.7 Å². The number of nitrogens with zero attached hydrogens (tertiary/aromatic N) is 1. The van der Waals surface area contributed by atoms with E-state index in [2.05, 4.69) is 10.3 Å². The smallest absolute Gasteiger partial charge is 0.180 e. The van der Waals surface area contributed by atoms with Gasteiger partial charge in [-0.25, -0.2) is 4.98 Å². The second kappa shape index (κ2) is 5.28. The topological polar surface area (TPSA) is 58.3 Å². The highest BCUT2D eigenvalue weighted by Gasteiger charge is 2.18. The van der Waals surface area contributed by atoms with Crippen molar-refractivity contribution in [3.63, 3.8) is 0 Å². The lowest BCUT2D eigenvalue weighted by Gasteiger charge is -2.25. The Morgan fingerprint density at radius 2 is 2.20 bits per heavy atom. The van der Waals surface area contributed by atoms with Crippen LogP contribution in [0.25, 0.3) is 0 Å². The molecule has 0 aliphatic heterocycles. The molecule has 1 aromatic heterocycles. The van der Waals surface area contributed by atoms with Crippen LogP contribution in [-0.2, 0) is 6.54 Å². The van der Waals surface area contributed by atoms with Crippen LogP contribution in [0.4, 0.5) is 0 Å². The van der Waals surface area contributed by atoms with Crippen LogP contribution in [0.3, 0.4) is 0 Å². The molecule has 2 rings (SSSR count). The summed E-state index contributed by atoms with van der Waals surface area (Å²) in [5.74, 6) is 1.59. The summed E-state index contributed by atoms with van der Waals surface area (Å²) in [6.07, 6.45) is 7.29. The van der Waals surface area contributed by atoms with Crippen molar-refractivity contribution in [2.24, 2.45) is 5.92 Å². The first-order chi connectivity index (χ1) is 7.34. The molecule has 4 heteroatoms. The molecule has 0 atom stereocenters. The van der Waals surface area contributed by atoms with Gasteiger partial charge in [-0.2, -0.15) is 0 Å². The number of aromatic nitrogens is 1. The summed E-state index contributed by atoms with van der Waals surface area (Å²) in [6, 6.07) is 0. The standard InChI is InChI=1S/C11H18N2O2/c14-10-3-1-9(2-4-10)5-12-6-11-7-13-8-15-11/h7-10,12,14H,1-6H2. The van der Waals surface area contributed by atoms with Gasteiger partial charge in [-0.1, -0.05) is 0 Å². The second-order valence-corrected chi connectivity index (χ2v) is 4.27. The van der Waals surface area contributed by atoms with Crippen LogP contribution in [0.15, 0.2) is 17.0 Å². The van der Waals surface area contributed by atoms with Crippen LogP contribution >= 0.6 is 0 Å². The highest BCUT2D eigenvalue weighted by Crippen LogP contribution is 2.23. The number of aliphatic hydroxyl groups excluding tert-OH is 1. The van der Waals surface area contributed by atoms with Gasteiger partial charge in [-0.05, 0) is 38.1 Å². The lowest BCUT2D eigenvalue weighted by Crippen LogP contribution is -2.27. The Kier molecular flexibility index (Phi) is 3.75. The van der Waals surface area contributed by atoms with Crippen molar-refractivity contribution in [2.45, 2.75) is 38.3 Å². The van der Waals surface area contributed by atoms with Crippen LogP contribution in [0.1, 0.15) is 31.4 Å². The SMILES string of the molecule is OC1CCC(CNCc2cnco2)CC1. The lowest BCUT2D eigenvalue weighted by molar-refractivity contribution is 0.108. The first-order valence-corrected chi connectivity index (χ1v) is 5.60. The van der Waals surface area contributed by atoms with E-state index in [1.54, 1.807) is 6.20 Å². The van der Waals surface area contributed by atoms with E-state index >= 15 is 0 Å². The van der Waals surface area contributed by atoms with Crippen molar-refractivity contribution in [3.8, 4) is 0 Å². The molecule has 1 heterocycles. The molecule has 0 aromatic carbocycles. The molecule has 84 valence electrons. The van der Waals surface area contributed by atoms with E-state index in [4.69, 9.17) is 4.42 Å². The molecular formula is C11H18N2O2. The highest BCUT2D eigenvalue weighted by atomic mass is 16.3.